The molecule has 0 aliphatic rings. The van der Waals surface area contributed by atoms with Crippen LogP contribution in [0.5, 0.6) is 5.75 Å². The van der Waals surface area contributed by atoms with Crippen molar-refractivity contribution in [3.63, 3.8) is 0 Å². The van der Waals surface area contributed by atoms with Crippen molar-refractivity contribution in [2.45, 2.75) is 6.61 Å². The van der Waals surface area contributed by atoms with Gasteiger partial charge in [-0.15, -0.1) is 0 Å². The summed E-state index contributed by atoms with van der Waals surface area (Å²) in [4.78, 5) is 21.0. The van der Waals surface area contributed by atoms with Crippen molar-refractivity contribution in [1.29, 1.82) is 0 Å². The topological polar surface area (TPSA) is 103 Å². The Labute approximate surface area is 125 Å². The molecule has 0 spiro atoms. The number of rotatable bonds is 5. The molecule has 110 valence electrons. The lowest BCUT2D eigenvalue weighted by atomic mass is 10.2. The van der Waals surface area contributed by atoms with E-state index >= 15 is 0 Å². The number of carbonyl (C=O) groups is 1. The van der Waals surface area contributed by atoms with Gasteiger partial charge in [0.25, 0.3) is 0 Å². The highest BCUT2D eigenvalue weighted by Gasteiger charge is 2.22. The van der Waals surface area contributed by atoms with Crippen LogP contribution in [0.3, 0.4) is 0 Å². The number of halogens is 2. The van der Waals surface area contributed by atoms with Gasteiger partial charge in [-0.3, -0.25) is 10.1 Å². The lowest BCUT2D eigenvalue weighted by Crippen LogP contribution is -2.04. The molecule has 0 amide bonds. The van der Waals surface area contributed by atoms with Gasteiger partial charge in [-0.2, -0.15) is 0 Å². The average molecular weight is 360 g/mol. The number of carboxylic acid groups (broad SMARTS) is 1. The van der Waals surface area contributed by atoms with Crippen molar-refractivity contribution in [3.8, 4) is 5.75 Å². The Kier molecular flexibility index (Phi) is 4.22. The highest BCUT2D eigenvalue weighted by molar-refractivity contribution is 9.10. The van der Waals surface area contributed by atoms with Crippen molar-refractivity contribution in [1.82, 2.24) is 0 Å². The van der Waals surface area contributed by atoms with Crippen molar-refractivity contribution in [2.75, 3.05) is 0 Å². The number of nitrogens with zero attached hydrogens (tertiary/aromatic N) is 1. The molecule has 0 saturated carbocycles. The molecule has 0 fully saturated rings. The van der Waals surface area contributed by atoms with Crippen LogP contribution < -0.4 is 4.74 Å². The zero-order chi connectivity index (χ0) is 15.6. The smallest absolute Gasteiger partial charge is 0.372 e. The van der Waals surface area contributed by atoms with E-state index in [4.69, 9.17) is 14.3 Å². The first-order valence-corrected chi connectivity index (χ1v) is 6.25. The molecule has 2 aromatic rings. The number of hydrogen-bond donors (Lipinski definition) is 1. The van der Waals surface area contributed by atoms with E-state index in [1.54, 1.807) is 0 Å². The van der Waals surface area contributed by atoms with Crippen molar-refractivity contribution < 1.29 is 28.4 Å². The zero-order valence-corrected chi connectivity index (χ0v) is 11.8. The summed E-state index contributed by atoms with van der Waals surface area (Å²) in [5, 5.41) is 19.8. The molecule has 2 rings (SSSR count). The summed E-state index contributed by atoms with van der Waals surface area (Å²) >= 11 is 2.97. The van der Waals surface area contributed by atoms with Crippen LogP contribution in [0.1, 0.15) is 16.1 Å². The summed E-state index contributed by atoms with van der Waals surface area (Å²) in [6.07, 6.45) is 1.16. The number of hydrogen-bond acceptors (Lipinski definition) is 5. The third-order valence-electron chi connectivity index (χ3n) is 2.50. The van der Waals surface area contributed by atoms with E-state index in [0.717, 1.165) is 12.3 Å². The molecule has 0 aliphatic carbocycles. The van der Waals surface area contributed by atoms with Crippen molar-refractivity contribution >= 4 is 27.6 Å². The number of nitro groups is 1. The monoisotopic (exact) mass is 359 g/mol. The van der Waals surface area contributed by atoms with Gasteiger partial charge in [-0.05, 0) is 28.1 Å². The SMILES string of the molecule is O=C(O)c1occc1COc1c(Br)cc(F)cc1[N+](=O)[O-]. The Morgan fingerprint density at radius 1 is 1.52 bits per heavy atom. The maximum atomic E-state index is 13.2. The second kappa shape index (κ2) is 5.92. The minimum atomic E-state index is -1.29. The molecule has 0 bridgehead atoms. The predicted molar refractivity (Wildman–Crippen MR) is 70.8 cm³/mol. The van der Waals surface area contributed by atoms with E-state index in [-0.39, 0.29) is 28.2 Å². The summed E-state index contributed by atoms with van der Waals surface area (Å²) < 4.78 is 23.2. The maximum Gasteiger partial charge on any atom is 0.372 e. The van der Waals surface area contributed by atoms with Gasteiger partial charge < -0.3 is 14.3 Å². The maximum absolute atomic E-state index is 13.2. The Bertz CT molecular complexity index is 714. The van der Waals surface area contributed by atoms with Crippen LogP contribution in [0.25, 0.3) is 0 Å². The standard InChI is InChI=1S/C12H7BrFNO6/c13-8-3-7(14)4-9(15(18)19)11(8)21-5-6-1-2-20-10(6)12(16)17/h1-4H,5H2,(H,16,17). The fourth-order valence-electron chi connectivity index (χ4n) is 1.61. The van der Waals surface area contributed by atoms with Gasteiger partial charge in [0.05, 0.1) is 21.7 Å². The molecule has 0 atom stereocenters. The molecule has 1 N–H and O–H groups in total. The Morgan fingerprint density at radius 3 is 2.86 bits per heavy atom. The van der Waals surface area contributed by atoms with E-state index in [0.29, 0.717) is 6.07 Å². The van der Waals surface area contributed by atoms with Crippen molar-refractivity contribution in [3.05, 3.63) is 56.2 Å². The Morgan fingerprint density at radius 2 is 2.24 bits per heavy atom. The van der Waals surface area contributed by atoms with Crippen LogP contribution in [-0.4, -0.2) is 16.0 Å². The number of benzene rings is 1. The quantitative estimate of drug-likeness (QED) is 0.648. The minimum Gasteiger partial charge on any atom is -0.481 e. The number of aromatic carboxylic acids is 1. The van der Waals surface area contributed by atoms with Gasteiger partial charge in [-0.1, -0.05) is 0 Å². The van der Waals surface area contributed by atoms with E-state index < -0.39 is 22.4 Å². The van der Waals surface area contributed by atoms with E-state index in [2.05, 4.69) is 15.9 Å². The third-order valence-corrected chi connectivity index (χ3v) is 3.09. The lowest BCUT2D eigenvalue weighted by molar-refractivity contribution is -0.386. The van der Waals surface area contributed by atoms with E-state index in [1.807, 2.05) is 0 Å². The van der Waals surface area contributed by atoms with Crippen LogP contribution in [0.2, 0.25) is 0 Å². The minimum absolute atomic E-state index is 0.0505. The zero-order valence-electron chi connectivity index (χ0n) is 10.2. The second-order valence-corrected chi connectivity index (χ2v) is 4.72. The molecular weight excluding hydrogens is 353 g/mol. The van der Waals surface area contributed by atoms with Gasteiger partial charge in [0.1, 0.15) is 12.4 Å². The Balaban J connectivity index is 2.30. The largest absolute Gasteiger partial charge is 0.481 e. The van der Waals surface area contributed by atoms with Crippen molar-refractivity contribution in [2.24, 2.45) is 0 Å². The summed E-state index contributed by atoms with van der Waals surface area (Å²) in [6, 6.07) is 3.09. The Hall–Kier alpha value is -2.42. The number of furan rings is 1. The summed E-state index contributed by atoms with van der Waals surface area (Å²) in [6.45, 7) is -0.275. The fourth-order valence-corrected chi connectivity index (χ4v) is 2.15. The molecule has 0 saturated heterocycles. The fraction of sp³-hybridized carbons (Fsp3) is 0.0833. The summed E-state index contributed by atoms with van der Waals surface area (Å²) in [7, 11) is 0. The number of nitro benzene ring substituents is 1. The predicted octanol–water partition coefficient (Wildman–Crippen LogP) is 3.37. The number of carboxylic acids is 1. The van der Waals surface area contributed by atoms with Crippen LogP contribution >= 0.6 is 15.9 Å². The molecule has 1 heterocycles. The van der Waals surface area contributed by atoms with E-state index in [1.165, 1.54) is 6.07 Å². The molecular formula is C12H7BrFNO6. The van der Waals surface area contributed by atoms with E-state index in [9.17, 15) is 19.3 Å². The molecule has 9 heteroatoms. The first-order valence-electron chi connectivity index (χ1n) is 5.46. The molecule has 7 nitrogen and oxygen atoms in total. The average Bonchev–Trinajstić information content (AvgIpc) is 2.85. The first kappa shape index (κ1) is 15.0. The highest BCUT2D eigenvalue weighted by Crippen LogP contribution is 2.36. The molecule has 0 aliphatic heterocycles. The molecule has 1 aromatic heterocycles. The highest BCUT2D eigenvalue weighted by atomic mass is 79.9. The normalized spacial score (nSPS) is 10.4. The lowest BCUT2D eigenvalue weighted by Gasteiger charge is -2.08. The summed E-state index contributed by atoms with van der Waals surface area (Å²) in [5.41, 5.74) is -0.365. The van der Waals surface area contributed by atoms with Gasteiger partial charge in [-0.25, -0.2) is 9.18 Å². The molecule has 0 unspecified atom stereocenters. The van der Waals surface area contributed by atoms with Gasteiger partial charge in [0.2, 0.25) is 11.5 Å². The second-order valence-electron chi connectivity index (χ2n) is 3.86. The molecule has 1 aromatic carbocycles. The van der Waals surface area contributed by atoms with Gasteiger partial charge in [0.15, 0.2) is 0 Å². The van der Waals surface area contributed by atoms with Crippen LogP contribution in [-0.2, 0) is 6.61 Å². The van der Waals surface area contributed by atoms with Crippen LogP contribution in [0.15, 0.2) is 33.4 Å². The number of ether oxygens (including phenoxy) is 1. The van der Waals surface area contributed by atoms with Crippen LogP contribution in [0.4, 0.5) is 10.1 Å². The summed E-state index contributed by atoms with van der Waals surface area (Å²) in [5.74, 6) is -2.60. The first-order chi connectivity index (χ1) is 9.90. The van der Waals surface area contributed by atoms with Gasteiger partial charge >= 0.3 is 11.7 Å². The van der Waals surface area contributed by atoms with Crippen LogP contribution in [0, 0.1) is 15.9 Å². The molecule has 21 heavy (non-hydrogen) atoms. The van der Waals surface area contributed by atoms with Gasteiger partial charge in [0, 0.05) is 5.56 Å². The molecule has 0 radical (unpaired) electrons. The third kappa shape index (κ3) is 3.19.